The number of rotatable bonds is 8. The van der Waals surface area contributed by atoms with E-state index in [9.17, 15) is 19.1 Å². The zero-order valence-corrected chi connectivity index (χ0v) is 18.4. The van der Waals surface area contributed by atoms with Gasteiger partial charge in [0, 0.05) is 11.8 Å². The van der Waals surface area contributed by atoms with Gasteiger partial charge in [0.1, 0.15) is 29.1 Å². The number of nitrogens with zero attached hydrogens (tertiary/aromatic N) is 2. The molecule has 2 aromatic carbocycles. The molecule has 0 fully saturated rings. The van der Waals surface area contributed by atoms with E-state index in [-0.39, 0.29) is 22.9 Å². The predicted octanol–water partition coefficient (Wildman–Crippen LogP) is 3.89. The number of ether oxygens (including phenoxy) is 1. The molecule has 4 aromatic rings. The number of pyridine rings is 2. The van der Waals surface area contributed by atoms with Gasteiger partial charge < -0.3 is 20.9 Å². The van der Waals surface area contributed by atoms with Crippen LogP contribution in [0.2, 0.25) is 0 Å². The number of benzene rings is 2. The van der Waals surface area contributed by atoms with Crippen molar-refractivity contribution in [3.8, 4) is 22.8 Å². The number of hydrogen-bond donors (Lipinski definition) is 3. The minimum absolute atomic E-state index is 0.0614. The minimum Gasteiger partial charge on any atom is -0.457 e. The second kappa shape index (κ2) is 10.5. The van der Waals surface area contributed by atoms with E-state index in [1.165, 1.54) is 42.6 Å². The van der Waals surface area contributed by atoms with Crippen LogP contribution in [0.4, 0.5) is 10.2 Å². The van der Waals surface area contributed by atoms with Gasteiger partial charge in [0.2, 0.25) is 5.91 Å². The molecule has 35 heavy (non-hydrogen) atoms. The predicted molar refractivity (Wildman–Crippen MR) is 127 cm³/mol. The van der Waals surface area contributed by atoms with E-state index in [4.69, 9.17) is 10.5 Å². The number of carbonyl (C=O) groups excluding carboxylic acids is 2. The number of primary amides is 1. The van der Waals surface area contributed by atoms with E-state index in [0.717, 1.165) is 5.56 Å². The van der Waals surface area contributed by atoms with Gasteiger partial charge in [-0.1, -0.05) is 6.07 Å². The number of amides is 2. The summed E-state index contributed by atoms with van der Waals surface area (Å²) in [7, 11) is 0. The molecule has 2 aromatic heterocycles. The number of aliphatic hydroxyl groups excluding tert-OH is 1. The van der Waals surface area contributed by atoms with Crippen molar-refractivity contribution < 1.29 is 23.8 Å². The monoisotopic (exact) mass is 472 g/mol. The minimum atomic E-state index is -1.10. The summed E-state index contributed by atoms with van der Waals surface area (Å²) in [5, 5.41) is 12.5. The van der Waals surface area contributed by atoms with Crippen molar-refractivity contribution >= 4 is 17.6 Å². The lowest BCUT2D eigenvalue weighted by atomic mass is 9.99. The van der Waals surface area contributed by atoms with Crippen LogP contribution in [0, 0.1) is 5.82 Å². The summed E-state index contributed by atoms with van der Waals surface area (Å²) in [6.07, 6.45) is 1.42. The van der Waals surface area contributed by atoms with Gasteiger partial charge in [0.05, 0.1) is 23.6 Å². The third-order valence-electron chi connectivity index (χ3n) is 5.13. The third-order valence-corrected chi connectivity index (χ3v) is 5.13. The number of anilines is 1. The first kappa shape index (κ1) is 23.5. The van der Waals surface area contributed by atoms with Crippen LogP contribution in [0.3, 0.4) is 0 Å². The molecule has 8 nitrogen and oxygen atoms in total. The smallest absolute Gasteiger partial charge is 0.250 e. The lowest BCUT2D eigenvalue weighted by Gasteiger charge is -2.16. The Morgan fingerprint density at radius 3 is 2.31 bits per heavy atom. The summed E-state index contributed by atoms with van der Waals surface area (Å²) in [6, 6.07) is 20.9. The molecule has 0 unspecified atom stereocenters. The quantitative estimate of drug-likeness (QED) is 0.357. The van der Waals surface area contributed by atoms with Crippen LogP contribution in [-0.2, 0) is 4.79 Å². The van der Waals surface area contributed by atoms with Crippen LogP contribution >= 0.6 is 0 Å². The zero-order chi connectivity index (χ0) is 24.8. The summed E-state index contributed by atoms with van der Waals surface area (Å²) in [5.41, 5.74) is 6.89. The molecule has 2 amide bonds. The Kier molecular flexibility index (Phi) is 7.08. The fraction of sp³-hybridized carbons (Fsp3) is 0.0769. The highest BCUT2D eigenvalue weighted by atomic mass is 19.1. The normalized spacial score (nSPS) is 11.5. The Balaban J connectivity index is 1.49. The molecular weight excluding hydrogens is 451 g/mol. The van der Waals surface area contributed by atoms with Gasteiger partial charge in [-0.3, -0.25) is 14.6 Å². The van der Waals surface area contributed by atoms with E-state index >= 15 is 0 Å². The fourth-order valence-electron chi connectivity index (χ4n) is 3.41. The van der Waals surface area contributed by atoms with Crippen molar-refractivity contribution in [3.05, 3.63) is 102 Å². The van der Waals surface area contributed by atoms with Crippen LogP contribution in [-0.4, -0.2) is 33.5 Å². The molecule has 4 rings (SSSR count). The molecule has 0 aliphatic carbocycles. The number of halogens is 1. The lowest BCUT2D eigenvalue weighted by molar-refractivity contribution is -0.118. The molecular formula is C26H21FN4O4. The number of hydrogen-bond acceptors (Lipinski definition) is 6. The largest absolute Gasteiger partial charge is 0.457 e. The Hall–Kier alpha value is -4.63. The number of aromatic nitrogens is 2. The molecule has 0 aliphatic heterocycles. The average molecular weight is 472 g/mol. The number of carbonyl (C=O) groups is 2. The summed E-state index contributed by atoms with van der Waals surface area (Å²) >= 11 is 0. The van der Waals surface area contributed by atoms with Gasteiger partial charge in [-0.2, -0.15) is 0 Å². The van der Waals surface area contributed by atoms with E-state index in [1.54, 1.807) is 42.5 Å². The number of nitrogens with two attached hydrogens (primary N) is 1. The fourth-order valence-corrected chi connectivity index (χ4v) is 3.41. The summed E-state index contributed by atoms with van der Waals surface area (Å²) in [6.45, 7) is -0.571. The highest BCUT2D eigenvalue weighted by Crippen LogP contribution is 2.26. The molecule has 4 N–H and O–H groups in total. The average Bonchev–Trinajstić information content (AvgIpc) is 2.87. The summed E-state index contributed by atoms with van der Waals surface area (Å²) in [5.74, 6) is -1.44. The Morgan fingerprint density at radius 2 is 1.66 bits per heavy atom. The topological polar surface area (TPSA) is 127 Å². The van der Waals surface area contributed by atoms with E-state index in [0.29, 0.717) is 17.2 Å². The van der Waals surface area contributed by atoms with Crippen molar-refractivity contribution in [2.45, 2.75) is 5.92 Å². The van der Waals surface area contributed by atoms with Crippen molar-refractivity contribution in [3.63, 3.8) is 0 Å². The van der Waals surface area contributed by atoms with Crippen LogP contribution in [0.5, 0.6) is 11.5 Å². The van der Waals surface area contributed by atoms with Gasteiger partial charge >= 0.3 is 0 Å². The molecule has 0 saturated carbocycles. The molecule has 0 aliphatic rings. The molecule has 2 heterocycles. The van der Waals surface area contributed by atoms with Crippen LogP contribution < -0.4 is 15.8 Å². The highest BCUT2D eigenvalue weighted by Gasteiger charge is 2.26. The van der Waals surface area contributed by atoms with Gasteiger partial charge in [0.15, 0.2) is 0 Å². The second-order valence-corrected chi connectivity index (χ2v) is 7.51. The second-order valence-electron chi connectivity index (χ2n) is 7.51. The van der Waals surface area contributed by atoms with Gasteiger partial charge in [0.25, 0.3) is 5.91 Å². The number of aliphatic hydroxyl groups is 1. The first-order valence-electron chi connectivity index (χ1n) is 10.6. The maximum atomic E-state index is 13.1. The van der Waals surface area contributed by atoms with Crippen LogP contribution in [0.25, 0.3) is 11.3 Å². The number of nitrogens with one attached hydrogen (secondary N) is 1. The summed E-state index contributed by atoms with van der Waals surface area (Å²) in [4.78, 5) is 33.1. The Bertz CT molecular complexity index is 1340. The third kappa shape index (κ3) is 5.66. The van der Waals surface area contributed by atoms with E-state index in [1.807, 2.05) is 0 Å². The van der Waals surface area contributed by atoms with Gasteiger partial charge in [-0.15, -0.1) is 0 Å². The Labute approximate surface area is 200 Å². The van der Waals surface area contributed by atoms with Crippen molar-refractivity contribution in [2.24, 2.45) is 5.73 Å². The highest BCUT2D eigenvalue weighted by molar-refractivity contribution is 5.99. The molecule has 0 saturated heterocycles. The molecule has 9 heteroatoms. The van der Waals surface area contributed by atoms with E-state index < -0.39 is 24.3 Å². The molecule has 0 bridgehead atoms. The van der Waals surface area contributed by atoms with Gasteiger partial charge in [-0.05, 0) is 72.8 Å². The first-order valence-corrected chi connectivity index (χ1v) is 10.6. The van der Waals surface area contributed by atoms with Crippen molar-refractivity contribution in [2.75, 3.05) is 11.9 Å². The zero-order valence-electron chi connectivity index (χ0n) is 18.4. The summed E-state index contributed by atoms with van der Waals surface area (Å²) < 4.78 is 18.8. The van der Waals surface area contributed by atoms with Gasteiger partial charge in [-0.25, -0.2) is 9.37 Å². The molecule has 176 valence electrons. The Morgan fingerprint density at radius 1 is 0.971 bits per heavy atom. The van der Waals surface area contributed by atoms with Crippen LogP contribution in [0.1, 0.15) is 22.0 Å². The molecule has 0 radical (unpaired) electrons. The van der Waals surface area contributed by atoms with Crippen LogP contribution in [0.15, 0.2) is 85.1 Å². The maximum Gasteiger partial charge on any atom is 0.250 e. The maximum absolute atomic E-state index is 13.1. The molecule has 1 atom stereocenters. The standard InChI is InChI=1S/C26H21FN4O4/c27-17-8-12-19(13-9-17)35-18-10-6-16(7-11-18)22-4-1-5-23(30-22)31-26(34)21(15-32)24-20(25(28)33)3-2-14-29-24/h1-14,21,32H,15H2,(H2,28,33)(H,30,31,34)/t21-/m1/s1. The lowest BCUT2D eigenvalue weighted by Crippen LogP contribution is -2.28. The van der Waals surface area contributed by atoms with Crippen molar-refractivity contribution in [1.82, 2.24) is 9.97 Å². The SMILES string of the molecule is NC(=O)c1cccnc1[C@@H](CO)C(=O)Nc1cccc(-c2ccc(Oc3ccc(F)cc3)cc2)n1. The van der Waals surface area contributed by atoms with E-state index in [2.05, 4.69) is 15.3 Å². The molecule has 0 spiro atoms. The first-order chi connectivity index (χ1) is 16.9. The van der Waals surface area contributed by atoms with Crippen molar-refractivity contribution in [1.29, 1.82) is 0 Å².